The number of aromatic nitrogens is 3. The number of urea groups is 1. The third kappa shape index (κ3) is 5.41. The number of imide groups is 1. The molecule has 0 bridgehead atoms. The van der Waals surface area contributed by atoms with E-state index in [1.54, 1.807) is 12.1 Å². The molecule has 4 heterocycles. The van der Waals surface area contributed by atoms with Crippen molar-refractivity contribution >= 4 is 23.5 Å². The molecule has 14 heteroatoms. The van der Waals surface area contributed by atoms with Crippen LogP contribution in [0.2, 0.25) is 5.02 Å². The summed E-state index contributed by atoms with van der Waals surface area (Å²) in [6, 6.07) is 8.54. The normalized spacial score (nSPS) is 15.7. The van der Waals surface area contributed by atoms with E-state index < -0.39 is 47.7 Å². The molecule has 1 aliphatic heterocycles. The minimum atomic E-state index is -4.73. The van der Waals surface area contributed by atoms with Gasteiger partial charge >= 0.3 is 12.2 Å². The van der Waals surface area contributed by atoms with Gasteiger partial charge in [0.15, 0.2) is 17.8 Å². The molecule has 0 saturated carbocycles. The number of alkyl halides is 3. The van der Waals surface area contributed by atoms with Crippen LogP contribution in [0.15, 0.2) is 70.6 Å². The molecule has 5 rings (SSSR count). The second-order valence-electron chi connectivity index (χ2n) is 8.89. The Labute approximate surface area is 229 Å². The summed E-state index contributed by atoms with van der Waals surface area (Å²) in [4.78, 5) is 46.9. The molecule has 1 fully saturated rings. The molecule has 3 amide bonds. The number of amides is 3. The lowest BCUT2D eigenvalue weighted by Crippen LogP contribution is -2.51. The summed E-state index contributed by atoms with van der Waals surface area (Å²) in [6.45, 7) is -0.533. The predicted octanol–water partition coefficient (Wildman–Crippen LogP) is 4.40. The number of pyridine rings is 2. The molecule has 1 saturated heterocycles. The van der Waals surface area contributed by atoms with Crippen molar-refractivity contribution in [1.29, 1.82) is 0 Å². The van der Waals surface area contributed by atoms with Crippen LogP contribution in [0.25, 0.3) is 16.8 Å². The molecule has 1 aliphatic rings. The van der Waals surface area contributed by atoms with E-state index in [1.165, 1.54) is 59.4 Å². The fraction of sp³-hybridized carbons (Fsp3) is 0.192. The molecule has 0 aliphatic carbocycles. The average Bonchev–Trinajstić information content (AvgIpc) is 3.40. The number of ether oxygens (including phenoxy) is 1. The standard InChI is InChI=1S/C26H19ClF3N5O5/c1-34-11-20(23(36)33-25(34)38)15-7-19(24(37)35(10-15)17-3-2-4-31-9-17)14-5-16(27)8-18(6-14)39-12-21-22(26(28,29)30)32-13-40-21/h2-10,13,20H,11-12H2,1H3,(H,33,36,38). The minimum absolute atomic E-state index is 0.0606. The van der Waals surface area contributed by atoms with Crippen LogP contribution in [0, 0.1) is 0 Å². The van der Waals surface area contributed by atoms with Gasteiger partial charge in [0, 0.05) is 36.6 Å². The van der Waals surface area contributed by atoms with Gasteiger partial charge in [-0.2, -0.15) is 13.2 Å². The van der Waals surface area contributed by atoms with E-state index in [-0.39, 0.29) is 28.4 Å². The molecule has 206 valence electrons. The van der Waals surface area contributed by atoms with Gasteiger partial charge in [0.05, 0.1) is 17.8 Å². The lowest BCUT2D eigenvalue weighted by atomic mass is 9.94. The van der Waals surface area contributed by atoms with Crippen molar-refractivity contribution in [2.75, 3.05) is 13.6 Å². The van der Waals surface area contributed by atoms with Gasteiger partial charge in [-0.25, -0.2) is 9.78 Å². The number of carbonyl (C=O) groups is 2. The molecule has 40 heavy (non-hydrogen) atoms. The van der Waals surface area contributed by atoms with E-state index >= 15 is 0 Å². The number of halogens is 4. The van der Waals surface area contributed by atoms with Crippen LogP contribution in [0.5, 0.6) is 5.75 Å². The Bertz CT molecular complexity index is 1650. The van der Waals surface area contributed by atoms with E-state index in [0.717, 1.165) is 0 Å². The van der Waals surface area contributed by atoms with Crippen molar-refractivity contribution in [2.24, 2.45) is 0 Å². The summed E-state index contributed by atoms with van der Waals surface area (Å²) in [5.41, 5.74) is -0.455. The Balaban J connectivity index is 1.57. The predicted molar refractivity (Wildman–Crippen MR) is 135 cm³/mol. The Kier molecular flexibility index (Phi) is 7.06. The quantitative estimate of drug-likeness (QED) is 0.363. The first kappa shape index (κ1) is 26.9. The van der Waals surface area contributed by atoms with Crippen LogP contribution < -0.4 is 15.6 Å². The zero-order valence-corrected chi connectivity index (χ0v) is 21.4. The highest BCUT2D eigenvalue weighted by Crippen LogP contribution is 2.33. The Morgan fingerprint density at radius 3 is 2.73 bits per heavy atom. The number of nitrogens with zero attached hydrogens (tertiary/aromatic N) is 4. The molecule has 0 spiro atoms. The summed E-state index contributed by atoms with van der Waals surface area (Å²) < 4.78 is 51.1. The van der Waals surface area contributed by atoms with Gasteiger partial charge in [0.2, 0.25) is 5.91 Å². The van der Waals surface area contributed by atoms with Crippen LogP contribution >= 0.6 is 11.6 Å². The maximum atomic E-state index is 13.7. The Morgan fingerprint density at radius 1 is 1.20 bits per heavy atom. The Hall–Kier alpha value is -4.65. The molecular weight excluding hydrogens is 555 g/mol. The summed E-state index contributed by atoms with van der Waals surface area (Å²) in [5, 5.41) is 2.43. The molecule has 1 aromatic carbocycles. The smallest absolute Gasteiger partial charge is 0.436 e. The Morgan fingerprint density at radius 2 is 2.00 bits per heavy atom. The number of hydrogen-bond donors (Lipinski definition) is 1. The molecule has 3 aromatic heterocycles. The second kappa shape index (κ2) is 10.5. The van der Waals surface area contributed by atoms with E-state index in [4.69, 9.17) is 20.8 Å². The van der Waals surface area contributed by atoms with Crippen molar-refractivity contribution in [3.63, 3.8) is 0 Å². The molecule has 1 N–H and O–H groups in total. The van der Waals surface area contributed by atoms with Gasteiger partial charge in [0.25, 0.3) is 5.56 Å². The summed E-state index contributed by atoms with van der Waals surface area (Å²) in [5.74, 6) is -1.80. The second-order valence-corrected chi connectivity index (χ2v) is 9.32. The van der Waals surface area contributed by atoms with Crippen molar-refractivity contribution in [3.05, 3.63) is 93.8 Å². The number of oxazole rings is 1. The first-order chi connectivity index (χ1) is 19.0. The van der Waals surface area contributed by atoms with Gasteiger partial charge in [-0.1, -0.05) is 11.6 Å². The highest BCUT2D eigenvalue weighted by Gasteiger charge is 2.38. The third-order valence-corrected chi connectivity index (χ3v) is 6.39. The first-order valence-corrected chi connectivity index (χ1v) is 12.1. The first-order valence-electron chi connectivity index (χ1n) is 11.7. The van der Waals surface area contributed by atoms with Gasteiger partial charge in [-0.15, -0.1) is 0 Å². The lowest BCUT2D eigenvalue weighted by Gasteiger charge is -2.29. The average molecular weight is 574 g/mol. The van der Waals surface area contributed by atoms with E-state index in [2.05, 4.69) is 15.3 Å². The summed E-state index contributed by atoms with van der Waals surface area (Å²) >= 11 is 6.30. The van der Waals surface area contributed by atoms with Gasteiger partial charge in [-0.3, -0.25) is 24.5 Å². The maximum absolute atomic E-state index is 13.7. The maximum Gasteiger partial charge on any atom is 0.436 e. The zero-order valence-electron chi connectivity index (χ0n) is 20.6. The van der Waals surface area contributed by atoms with Crippen molar-refractivity contribution in [1.82, 2.24) is 24.8 Å². The van der Waals surface area contributed by atoms with Gasteiger partial charge < -0.3 is 14.1 Å². The van der Waals surface area contributed by atoms with Crippen LogP contribution in [0.1, 0.15) is 22.9 Å². The fourth-order valence-corrected chi connectivity index (χ4v) is 4.45. The minimum Gasteiger partial charge on any atom is -0.486 e. The highest BCUT2D eigenvalue weighted by atomic mass is 35.5. The topological polar surface area (TPSA) is 120 Å². The third-order valence-electron chi connectivity index (χ3n) is 6.18. The largest absolute Gasteiger partial charge is 0.486 e. The number of likely N-dealkylation sites (N-methyl/N-ethyl adjacent to an activating group) is 1. The van der Waals surface area contributed by atoms with Crippen molar-refractivity contribution in [2.45, 2.75) is 18.7 Å². The molecule has 4 aromatic rings. The highest BCUT2D eigenvalue weighted by molar-refractivity contribution is 6.31. The van der Waals surface area contributed by atoms with Gasteiger partial charge in [0.1, 0.15) is 12.4 Å². The number of rotatable bonds is 6. The van der Waals surface area contributed by atoms with Crippen LogP contribution in [0.3, 0.4) is 0 Å². The number of hydrogen-bond acceptors (Lipinski definition) is 7. The monoisotopic (exact) mass is 573 g/mol. The van der Waals surface area contributed by atoms with Crippen LogP contribution in [-0.2, 0) is 17.6 Å². The zero-order chi connectivity index (χ0) is 28.6. The molecule has 1 atom stereocenters. The molecule has 0 radical (unpaired) electrons. The summed E-state index contributed by atoms with van der Waals surface area (Å²) in [7, 11) is 1.53. The number of nitrogens with one attached hydrogen (secondary N) is 1. The molecule has 1 unspecified atom stereocenters. The summed E-state index contributed by atoms with van der Waals surface area (Å²) in [6.07, 6.45) is 0.444. The molecular formula is C26H19ClF3N5O5. The number of benzene rings is 1. The van der Waals surface area contributed by atoms with Crippen molar-refractivity contribution < 1.29 is 31.9 Å². The van der Waals surface area contributed by atoms with E-state index in [9.17, 15) is 27.6 Å². The molecule has 10 nitrogen and oxygen atoms in total. The van der Waals surface area contributed by atoms with Gasteiger partial charge in [-0.05, 0) is 47.5 Å². The van der Waals surface area contributed by atoms with E-state index in [0.29, 0.717) is 17.6 Å². The van der Waals surface area contributed by atoms with E-state index in [1.807, 2.05) is 0 Å². The number of carbonyl (C=O) groups excluding carboxylic acids is 2. The SMILES string of the molecule is CN1CC(c2cc(-c3cc(Cl)cc(OCc4ocnc4C(F)(F)F)c3)c(=O)n(-c3cccnc3)c2)C(=O)NC1=O. The van der Waals surface area contributed by atoms with Crippen molar-refractivity contribution in [3.8, 4) is 22.6 Å². The van der Waals surface area contributed by atoms with Crippen LogP contribution in [0.4, 0.5) is 18.0 Å². The van der Waals surface area contributed by atoms with Crippen LogP contribution in [-0.4, -0.2) is 45.0 Å². The lowest BCUT2D eigenvalue weighted by molar-refractivity contribution is -0.142. The fourth-order valence-electron chi connectivity index (χ4n) is 4.23.